The standard InChI is InChI=1S/C36H40N6O2/c1-23-13-15-24(16-14-23)33(43)21-29(30-22-42(4)32-12-8-6-9-27(30)32)35(44)37-25-17-19-26(20-18-25)38-36-39-31-11-7-5-10-28(31)34(40-36)41(2)3/h5-16,22,25-26,29H,17-21H2,1-4H3,(H,37,44)(H,38,39,40)/t25-,26+,29?. The summed E-state index contributed by atoms with van der Waals surface area (Å²) in [5.74, 6) is 0.815. The molecule has 1 saturated carbocycles. The number of anilines is 2. The average molecular weight is 589 g/mol. The van der Waals surface area contributed by atoms with Crippen LogP contribution in [0, 0.1) is 6.92 Å². The summed E-state index contributed by atoms with van der Waals surface area (Å²) in [6, 6.07) is 24.0. The molecule has 0 radical (unpaired) electrons. The van der Waals surface area contributed by atoms with Crippen molar-refractivity contribution in [2.24, 2.45) is 7.05 Å². The Balaban J connectivity index is 1.16. The molecule has 2 heterocycles. The van der Waals surface area contributed by atoms with Gasteiger partial charge in [0.15, 0.2) is 5.78 Å². The lowest BCUT2D eigenvalue weighted by Crippen LogP contribution is -2.42. The SMILES string of the molecule is Cc1ccc(C(=O)CC(C(=O)N[C@H]2CC[C@@H](Nc3nc(N(C)C)c4ccccc4n3)CC2)c2cn(C)c3ccccc23)cc1. The first-order chi connectivity index (χ1) is 21.3. The summed E-state index contributed by atoms with van der Waals surface area (Å²) in [7, 11) is 5.97. The van der Waals surface area contributed by atoms with Crippen LogP contribution in [0.2, 0.25) is 0 Å². The van der Waals surface area contributed by atoms with Gasteiger partial charge in [-0.05, 0) is 56.4 Å². The Labute approximate surface area is 258 Å². The number of amides is 1. The maximum Gasteiger partial charge on any atom is 0.228 e. The number of benzene rings is 3. The third-order valence-corrected chi connectivity index (χ3v) is 8.80. The van der Waals surface area contributed by atoms with E-state index in [1.165, 1.54) is 0 Å². The molecule has 0 saturated heterocycles. The largest absolute Gasteiger partial charge is 0.362 e. The molecular weight excluding hydrogens is 548 g/mol. The highest BCUT2D eigenvalue weighted by Gasteiger charge is 2.31. The van der Waals surface area contributed by atoms with E-state index >= 15 is 0 Å². The van der Waals surface area contributed by atoms with Crippen LogP contribution in [0.25, 0.3) is 21.8 Å². The summed E-state index contributed by atoms with van der Waals surface area (Å²) in [5, 5.41) is 8.91. The summed E-state index contributed by atoms with van der Waals surface area (Å²) in [6.45, 7) is 2.00. The van der Waals surface area contributed by atoms with Crippen molar-refractivity contribution in [1.82, 2.24) is 19.9 Å². The summed E-state index contributed by atoms with van der Waals surface area (Å²) in [4.78, 5) is 39.0. The number of aromatic nitrogens is 3. The van der Waals surface area contributed by atoms with Crippen LogP contribution < -0.4 is 15.5 Å². The van der Waals surface area contributed by atoms with Gasteiger partial charge in [-0.15, -0.1) is 0 Å². The van der Waals surface area contributed by atoms with Gasteiger partial charge in [0.1, 0.15) is 5.82 Å². The molecule has 2 aromatic heterocycles. The van der Waals surface area contributed by atoms with Gasteiger partial charge >= 0.3 is 0 Å². The maximum atomic E-state index is 14.0. The van der Waals surface area contributed by atoms with Crippen LogP contribution >= 0.6 is 0 Å². The van der Waals surface area contributed by atoms with E-state index in [-0.39, 0.29) is 30.2 Å². The second kappa shape index (κ2) is 12.5. The number of hydrogen-bond donors (Lipinski definition) is 2. The molecule has 1 aliphatic rings. The smallest absolute Gasteiger partial charge is 0.228 e. The second-order valence-corrected chi connectivity index (χ2v) is 12.2. The molecule has 1 fully saturated rings. The molecule has 1 aliphatic carbocycles. The van der Waals surface area contributed by atoms with Gasteiger partial charge in [-0.1, -0.05) is 60.2 Å². The topological polar surface area (TPSA) is 92.2 Å². The lowest BCUT2D eigenvalue weighted by molar-refractivity contribution is -0.123. The zero-order valence-electron chi connectivity index (χ0n) is 25.9. The van der Waals surface area contributed by atoms with Crippen LogP contribution in [-0.2, 0) is 11.8 Å². The Kier molecular flexibility index (Phi) is 8.33. The molecule has 2 N–H and O–H groups in total. The number of carbonyl (C=O) groups excluding carboxylic acids is 2. The fraction of sp³-hybridized carbons (Fsp3) is 0.333. The second-order valence-electron chi connectivity index (χ2n) is 12.2. The Morgan fingerprint density at radius 1 is 0.886 bits per heavy atom. The van der Waals surface area contributed by atoms with Crippen molar-refractivity contribution in [3.63, 3.8) is 0 Å². The van der Waals surface area contributed by atoms with E-state index in [0.29, 0.717) is 11.5 Å². The third-order valence-electron chi connectivity index (χ3n) is 8.80. The number of nitrogens with zero attached hydrogens (tertiary/aromatic N) is 4. The summed E-state index contributed by atoms with van der Waals surface area (Å²) >= 11 is 0. The van der Waals surface area contributed by atoms with E-state index in [0.717, 1.165) is 64.4 Å². The average Bonchev–Trinajstić information content (AvgIpc) is 3.36. The predicted octanol–water partition coefficient (Wildman–Crippen LogP) is 6.39. The molecule has 0 bridgehead atoms. The summed E-state index contributed by atoms with van der Waals surface area (Å²) in [5.41, 5.74) is 4.58. The van der Waals surface area contributed by atoms with Crippen molar-refractivity contribution in [1.29, 1.82) is 0 Å². The lowest BCUT2D eigenvalue weighted by Gasteiger charge is -2.31. The molecule has 8 heteroatoms. The normalized spacial score (nSPS) is 17.4. The molecule has 0 spiro atoms. The minimum absolute atomic E-state index is 0.0292. The maximum absolute atomic E-state index is 14.0. The van der Waals surface area contributed by atoms with Gasteiger partial charge in [-0.3, -0.25) is 9.59 Å². The van der Waals surface area contributed by atoms with Crippen LogP contribution in [0.1, 0.15) is 59.5 Å². The number of carbonyl (C=O) groups is 2. The zero-order chi connectivity index (χ0) is 30.8. The Morgan fingerprint density at radius 3 is 2.27 bits per heavy atom. The van der Waals surface area contributed by atoms with Gasteiger partial charge in [0.05, 0.1) is 11.4 Å². The van der Waals surface area contributed by atoms with E-state index < -0.39 is 5.92 Å². The first-order valence-electron chi connectivity index (χ1n) is 15.4. The van der Waals surface area contributed by atoms with E-state index in [2.05, 4.69) is 10.6 Å². The predicted molar refractivity (Wildman–Crippen MR) is 177 cm³/mol. The van der Waals surface area contributed by atoms with E-state index in [1.807, 2.05) is 117 Å². The van der Waals surface area contributed by atoms with Gasteiger partial charge in [-0.25, -0.2) is 4.98 Å². The third kappa shape index (κ3) is 6.16. The molecule has 1 atom stereocenters. The van der Waals surface area contributed by atoms with Gasteiger partial charge in [0.2, 0.25) is 11.9 Å². The molecule has 8 nitrogen and oxygen atoms in total. The van der Waals surface area contributed by atoms with Crippen LogP contribution in [0.5, 0.6) is 0 Å². The quantitative estimate of drug-likeness (QED) is 0.194. The minimum Gasteiger partial charge on any atom is -0.362 e. The Morgan fingerprint density at radius 2 is 1.55 bits per heavy atom. The Bertz CT molecular complexity index is 1800. The Hall–Kier alpha value is -4.72. The van der Waals surface area contributed by atoms with Crippen molar-refractivity contribution in [2.75, 3.05) is 24.3 Å². The van der Waals surface area contributed by atoms with Gasteiger partial charge < -0.3 is 20.1 Å². The van der Waals surface area contributed by atoms with Crippen LogP contribution in [-0.4, -0.2) is 52.4 Å². The van der Waals surface area contributed by atoms with Gasteiger partial charge in [0, 0.05) is 67.7 Å². The highest BCUT2D eigenvalue weighted by molar-refractivity contribution is 6.02. The fourth-order valence-corrected chi connectivity index (χ4v) is 6.37. The molecule has 44 heavy (non-hydrogen) atoms. The molecule has 1 amide bonds. The highest BCUT2D eigenvalue weighted by atomic mass is 16.2. The number of nitrogens with one attached hydrogen (secondary N) is 2. The summed E-state index contributed by atoms with van der Waals surface area (Å²) < 4.78 is 2.04. The molecule has 6 rings (SSSR count). The highest BCUT2D eigenvalue weighted by Crippen LogP contribution is 2.32. The first kappa shape index (κ1) is 29.4. The first-order valence-corrected chi connectivity index (χ1v) is 15.4. The monoisotopic (exact) mass is 588 g/mol. The number of Topliss-reactive ketones (excluding diaryl/α,β-unsaturated/α-hetero) is 1. The van der Waals surface area contributed by atoms with E-state index in [1.54, 1.807) is 0 Å². The van der Waals surface area contributed by atoms with Gasteiger partial charge in [0.25, 0.3) is 0 Å². The lowest BCUT2D eigenvalue weighted by atomic mass is 9.88. The molecule has 5 aromatic rings. The van der Waals surface area contributed by atoms with Crippen molar-refractivity contribution in [3.8, 4) is 0 Å². The van der Waals surface area contributed by atoms with E-state index in [4.69, 9.17) is 9.97 Å². The van der Waals surface area contributed by atoms with Crippen molar-refractivity contribution in [3.05, 3.63) is 95.7 Å². The minimum atomic E-state index is -0.582. The zero-order valence-corrected chi connectivity index (χ0v) is 25.9. The van der Waals surface area contributed by atoms with Crippen molar-refractivity contribution >= 4 is 45.3 Å². The van der Waals surface area contributed by atoms with Crippen LogP contribution in [0.3, 0.4) is 0 Å². The molecular formula is C36H40N6O2. The number of para-hydroxylation sites is 2. The molecule has 226 valence electrons. The number of hydrogen-bond acceptors (Lipinski definition) is 6. The van der Waals surface area contributed by atoms with Crippen LogP contribution in [0.4, 0.5) is 11.8 Å². The number of fused-ring (bicyclic) bond motifs is 2. The van der Waals surface area contributed by atoms with Crippen molar-refractivity contribution < 1.29 is 9.59 Å². The molecule has 3 aromatic carbocycles. The van der Waals surface area contributed by atoms with Gasteiger partial charge in [-0.2, -0.15) is 4.98 Å². The van der Waals surface area contributed by atoms with Crippen LogP contribution in [0.15, 0.2) is 79.0 Å². The number of ketones is 1. The molecule has 0 aliphatic heterocycles. The van der Waals surface area contributed by atoms with Crippen molar-refractivity contribution in [2.45, 2.75) is 57.0 Å². The van der Waals surface area contributed by atoms with E-state index in [9.17, 15) is 9.59 Å². The number of rotatable bonds is 9. The number of aryl methyl sites for hydroxylation is 2. The molecule has 1 unspecified atom stereocenters. The summed E-state index contributed by atoms with van der Waals surface area (Å²) in [6.07, 6.45) is 5.58. The fourth-order valence-electron chi connectivity index (χ4n) is 6.37.